The molecule has 4 nitrogen and oxygen atoms in total. The predicted molar refractivity (Wildman–Crippen MR) is 73.4 cm³/mol. The third-order valence-corrected chi connectivity index (χ3v) is 4.59. The fourth-order valence-electron chi connectivity index (χ4n) is 3.56. The van der Waals surface area contributed by atoms with Crippen molar-refractivity contribution in [2.75, 3.05) is 40.3 Å². The molecule has 0 bridgehead atoms. The minimum Gasteiger partial charge on any atom is -0.342 e. The Labute approximate surface area is 111 Å². The average Bonchev–Trinajstić information content (AvgIpc) is 2.38. The number of likely N-dealkylation sites (tertiary alicyclic amines) is 2. The lowest BCUT2D eigenvalue weighted by Gasteiger charge is -2.46. The van der Waals surface area contributed by atoms with Gasteiger partial charge in [0.25, 0.3) is 0 Å². The van der Waals surface area contributed by atoms with Crippen LogP contribution in [0.3, 0.4) is 0 Å². The van der Waals surface area contributed by atoms with Crippen LogP contribution >= 0.6 is 0 Å². The predicted octanol–water partition coefficient (Wildman–Crippen LogP) is 0.785. The van der Waals surface area contributed by atoms with E-state index in [2.05, 4.69) is 22.2 Å². The van der Waals surface area contributed by atoms with Gasteiger partial charge in [0.15, 0.2) is 0 Å². The van der Waals surface area contributed by atoms with E-state index >= 15 is 0 Å². The second kappa shape index (κ2) is 6.02. The van der Waals surface area contributed by atoms with E-state index in [0.717, 1.165) is 26.1 Å². The number of amides is 1. The monoisotopic (exact) mass is 253 g/mol. The van der Waals surface area contributed by atoms with Crippen LogP contribution in [-0.2, 0) is 4.79 Å². The minimum absolute atomic E-state index is 0.105. The second-order valence-electron chi connectivity index (χ2n) is 5.98. The second-order valence-corrected chi connectivity index (χ2v) is 5.98. The van der Waals surface area contributed by atoms with Crippen molar-refractivity contribution >= 4 is 5.91 Å². The van der Waals surface area contributed by atoms with E-state index in [4.69, 9.17) is 0 Å². The Morgan fingerprint density at radius 1 is 1.39 bits per heavy atom. The van der Waals surface area contributed by atoms with Gasteiger partial charge in [-0.15, -0.1) is 0 Å². The van der Waals surface area contributed by atoms with Crippen LogP contribution in [0.5, 0.6) is 0 Å². The van der Waals surface area contributed by atoms with Crippen LogP contribution < -0.4 is 5.32 Å². The molecule has 4 heteroatoms. The Bertz CT molecular complexity index is 295. The van der Waals surface area contributed by atoms with Gasteiger partial charge in [0, 0.05) is 31.6 Å². The van der Waals surface area contributed by atoms with Crippen LogP contribution in [0.25, 0.3) is 0 Å². The summed E-state index contributed by atoms with van der Waals surface area (Å²) >= 11 is 0. The maximum atomic E-state index is 12.3. The first-order valence-corrected chi connectivity index (χ1v) is 7.27. The number of hydrogen-bond acceptors (Lipinski definition) is 3. The molecule has 3 unspecified atom stereocenters. The quantitative estimate of drug-likeness (QED) is 0.807. The normalized spacial score (nSPS) is 30.9. The summed E-state index contributed by atoms with van der Waals surface area (Å²) in [6.45, 7) is 5.95. The smallest absolute Gasteiger partial charge is 0.226 e. The molecular weight excluding hydrogens is 226 g/mol. The van der Waals surface area contributed by atoms with Crippen LogP contribution in [0, 0.1) is 11.8 Å². The van der Waals surface area contributed by atoms with Crippen LogP contribution in [0.2, 0.25) is 0 Å². The zero-order valence-electron chi connectivity index (χ0n) is 12.0. The van der Waals surface area contributed by atoms with Gasteiger partial charge >= 0.3 is 0 Å². The molecule has 0 aliphatic carbocycles. The summed E-state index contributed by atoms with van der Waals surface area (Å²) in [5, 5.41) is 3.10. The molecule has 2 heterocycles. The van der Waals surface area contributed by atoms with Gasteiger partial charge in [-0.05, 0) is 45.8 Å². The van der Waals surface area contributed by atoms with Crippen molar-refractivity contribution in [1.29, 1.82) is 0 Å². The molecule has 1 amide bonds. The molecule has 0 saturated carbocycles. The summed E-state index contributed by atoms with van der Waals surface area (Å²) in [6, 6.07) is 0.711. The lowest BCUT2D eigenvalue weighted by Crippen LogP contribution is -2.55. The summed E-state index contributed by atoms with van der Waals surface area (Å²) in [4.78, 5) is 16.9. The van der Waals surface area contributed by atoms with Crippen molar-refractivity contribution in [1.82, 2.24) is 15.1 Å². The average molecular weight is 253 g/mol. The molecule has 2 aliphatic heterocycles. The number of nitrogens with zero attached hydrogens (tertiary/aromatic N) is 2. The summed E-state index contributed by atoms with van der Waals surface area (Å²) in [5.74, 6) is 1.13. The number of carbonyl (C=O) groups is 1. The van der Waals surface area contributed by atoms with E-state index in [1.165, 1.54) is 19.4 Å². The minimum atomic E-state index is 0.105. The highest BCUT2D eigenvalue weighted by Gasteiger charge is 2.36. The Kier molecular flexibility index (Phi) is 4.62. The number of rotatable bonds is 3. The third-order valence-electron chi connectivity index (χ3n) is 4.59. The van der Waals surface area contributed by atoms with E-state index in [0.29, 0.717) is 17.9 Å². The molecule has 0 aromatic carbocycles. The molecule has 0 spiro atoms. The van der Waals surface area contributed by atoms with E-state index in [9.17, 15) is 4.79 Å². The maximum Gasteiger partial charge on any atom is 0.226 e. The Balaban J connectivity index is 1.92. The first kappa shape index (κ1) is 13.8. The largest absolute Gasteiger partial charge is 0.342 e. The van der Waals surface area contributed by atoms with Gasteiger partial charge in [0.1, 0.15) is 0 Å². The first-order chi connectivity index (χ1) is 8.63. The molecule has 3 atom stereocenters. The van der Waals surface area contributed by atoms with Crippen LogP contribution in [0.4, 0.5) is 0 Å². The molecular formula is C14H27N3O. The SMILES string of the molecule is CNCC(C)C(=O)N1CCC2C(CCCN2C)C1. The third kappa shape index (κ3) is 2.86. The van der Waals surface area contributed by atoms with Crippen molar-refractivity contribution in [3.63, 3.8) is 0 Å². The van der Waals surface area contributed by atoms with Gasteiger partial charge in [0.2, 0.25) is 5.91 Å². The van der Waals surface area contributed by atoms with Crippen molar-refractivity contribution in [3.05, 3.63) is 0 Å². The fraction of sp³-hybridized carbons (Fsp3) is 0.929. The first-order valence-electron chi connectivity index (χ1n) is 7.27. The van der Waals surface area contributed by atoms with Crippen LogP contribution in [0.15, 0.2) is 0 Å². The Hall–Kier alpha value is -0.610. The van der Waals surface area contributed by atoms with Gasteiger partial charge in [-0.25, -0.2) is 0 Å². The number of fused-ring (bicyclic) bond motifs is 1. The molecule has 0 radical (unpaired) electrons. The number of nitrogens with one attached hydrogen (secondary N) is 1. The van der Waals surface area contributed by atoms with Crippen molar-refractivity contribution in [2.45, 2.75) is 32.2 Å². The van der Waals surface area contributed by atoms with Gasteiger partial charge in [-0.2, -0.15) is 0 Å². The van der Waals surface area contributed by atoms with Gasteiger partial charge in [-0.1, -0.05) is 6.92 Å². The molecule has 2 aliphatic rings. The zero-order chi connectivity index (χ0) is 13.1. The van der Waals surface area contributed by atoms with E-state index in [1.807, 2.05) is 14.0 Å². The number of piperidine rings is 2. The van der Waals surface area contributed by atoms with Gasteiger partial charge in [-0.3, -0.25) is 4.79 Å². The molecule has 104 valence electrons. The summed E-state index contributed by atoms with van der Waals surface area (Å²) in [7, 11) is 4.14. The lowest BCUT2D eigenvalue weighted by atomic mass is 9.84. The summed E-state index contributed by atoms with van der Waals surface area (Å²) in [6.07, 6.45) is 3.73. The highest BCUT2D eigenvalue weighted by molar-refractivity contribution is 5.78. The zero-order valence-corrected chi connectivity index (χ0v) is 12.0. The van der Waals surface area contributed by atoms with E-state index < -0.39 is 0 Å². The standard InChI is InChI=1S/C14H27N3O/c1-11(9-15-2)14(18)17-8-6-13-12(10-17)5-4-7-16(13)3/h11-13,15H,4-10H2,1-3H3. The van der Waals surface area contributed by atoms with E-state index in [-0.39, 0.29) is 5.92 Å². The molecule has 2 rings (SSSR count). The van der Waals surface area contributed by atoms with Gasteiger partial charge in [0.05, 0.1) is 0 Å². The highest BCUT2D eigenvalue weighted by atomic mass is 16.2. The number of carbonyl (C=O) groups excluding carboxylic acids is 1. The van der Waals surface area contributed by atoms with Gasteiger partial charge < -0.3 is 15.1 Å². The van der Waals surface area contributed by atoms with Crippen molar-refractivity contribution < 1.29 is 4.79 Å². The molecule has 1 N–H and O–H groups in total. The summed E-state index contributed by atoms with van der Waals surface area (Å²) < 4.78 is 0. The molecule has 2 saturated heterocycles. The molecule has 0 aromatic heterocycles. The molecule has 0 aromatic rings. The van der Waals surface area contributed by atoms with Crippen molar-refractivity contribution in [2.24, 2.45) is 11.8 Å². The summed E-state index contributed by atoms with van der Waals surface area (Å²) in [5.41, 5.74) is 0. The molecule has 18 heavy (non-hydrogen) atoms. The topological polar surface area (TPSA) is 35.6 Å². The van der Waals surface area contributed by atoms with Crippen LogP contribution in [0.1, 0.15) is 26.2 Å². The van der Waals surface area contributed by atoms with E-state index in [1.54, 1.807) is 0 Å². The lowest BCUT2D eigenvalue weighted by molar-refractivity contribution is -0.138. The Morgan fingerprint density at radius 2 is 2.17 bits per heavy atom. The maximum absolute atomic E-state index is 12.3. The number of hydrogen-bond donors (Lipinski definition) is 1. The van der Waals surface area contributed by atoms with Crippen LogP contribution in [-0.4, -0.2) is 62.0 Å². The van der Waals surface area contributed by atoms with Crippen molar-refractivity contribution in [3.8, 4) is 0 Å². The Morgan fingerprint density at radius 3 is 2.89 bits per heavy atom. The molecule has 2 fully saturated rings. The highest BCUT2D eigenvalue weighted by Crippen LogP contribution is 2.29. The fourth-order valence-corrected chi connectivity index (χ4v) is 3.56.